The highest BCUT2D eigenvalue weighted by molar-refractivity contribution is 7.11. The molecule has 0 amide bonds. The van der Waals surface area contributed by atoms with Gasteiger partial charge in [0.05, 0.1) is 0 Å². The molecule has 0 spiro atoms. The Kier molecular flexibility index (Phi) is 5.29. The minimum Gasteiger partial charge on any atom is -0.326 e. The number of hydrogen-bond donors (Lipinski definition) is 1. The summed E-state index contributed by atoms with van der Waals surface area (Å²) >= 11 is 1.83. The minimum atomic E-state index is 0.666. The van der Waals surface area contributed by atoms with Gasteiger partial charge in [-0.05, 0) is 32.0 Å². The SMILES string of the molecule is CCC(CC)N(C)Cc1ccc(CN)s1. The predicted molar refractivity (Wildman–Crippen MR) is 68.0 cm³/mol. The van der Waals surface area contributed by atoms with E-state index in [1.54, 1.807) is 0 Å². The van der Waals surface area contributed by atoms with E-state index in [4.69, 9.17) is 5.73 Å². The Balaban J connectivity index is 2.53. The zero-order valence-corrected chi connectivity index (χ0v) is 10.8. The molecule has 0 fully saturated rings. The van der Waals surface area contributed by atoms with E-state index in [0.717, 1.165) is 6.54 Å². The molecule has 2 nitrogen and oxygen atoms in total. The van der Waals surface area contributed by atoms with Crippen molar-refractivity contribution in [3.63, 3.8) is 0 Å². The number of hydrogen-bond acceptors (Lipinski definition) is 3. The van der Waals surface area contributed by atoms with E-state index in [-0.39, 0.29) is 0 Å². The summed E-state index contributed by atoms with van der Waals surface area (Å²) in [5.41, 5.74) is 5.60. The highest BCUT2D eigenvalue weighted by Crippen LogP contribution is 2.19. The molecule has 1 heterocycles. The molecule has 0 aliphatic rings. The number of rotatable bonds is 6. The Hall–Kier alpha value is -0.380. The Morgan fingerprint density at radius 2 is 1.87 bits per heavy atom. The minimum absolute atomic E-state index is 0.666. The molecule has 0 saturated heterocycles. The zero-order valence-electron chi connectivity index (χ0n) is 9.99. The molecule has 3 heteroatoms. The summed E-state index contributed by atoms with van der Waals surface area (Å²) in [7, 11) is 2.21. The van der Waals surface area contributed by atoms with Crippen molar-refractivity contribution in [2.24, 2.45) is 5.73 Å². The van der Waals surface area contributed by atoms with Crippen molar-refractivity contribution in [2.75, 3.05) is 7.05 Å². The van der Waals surface area contributed by atoms with Crippen molar-refractivity contribution in [2.45, 2.75) is 45.8 Å². The second kappa shape index (κ2) is 6.26. The highest BCUT2D eigenvalue weighted by Gasteiger charge is 2.11. The highest BCUT2D eigenvalue weighted by atomic mass is 32.1. The lowest BCUT2D eigenvalue weighted by atomic mass is 10.1. The van der Waals surface area contributed by atoms with Crippen molar-refractivity contribution >= 4 is 11.3 Å². The van der Waals surface area contributed by atoms with Crippen molar-refractivity contribution in [3.05, 3.63) is 21.9 Å². The van der Waals surface area contributed by atoms with Crippen LogP contribution in [0.1, 0.15) is 36.4 Å². The summed E-state index contributed by atoms with van der Waals surface area (Å²) in [6.07, 6.45) is 2.45. The van der Waals surface area contributed by atoms with Gasteiger partial charge in [0.15, 0.2) is 0 Å². The molecule has 0 radical (unpaired) electrons. The van der Waals surface area contributed by atoms with Gasteiger partial charge in [0.2, 0.25) is 0 Å². The van der Waals surface area contributed by atoms with Crippen molar-refractivity contribution in [3.8, 4) is 0 Å². The summed E-state index contributed by atoms with van der Waals surface area (Å²) < 4.78 is 0. The summed E-state index contributed by atoms with van der Waals surface area (Å²) in [5, 5.41) is 0. The van der Waals surface area contributed by atoms with E-state index in [0.29, 0.717) is 12.6 Å². The molecule has 0 aliphatic heterocycles. The molecule has 1 aromatic rings. The maximum Gasteiger partial charge on any atom is 0.0327 e. The van der Waals surface area contributed by atoms with Gasteiger partial charge < -0.3 is 5.73 Å². The fourth-order valence-corrected chi connectivity index (χ4v) is 2.86. The van der Waals surface area contributed by atoms with E-state index in [1.165, 1.54) is 22.6 Å². The average molecular weight is 226 g/mol. The first-order chi connectivity index (χ1) is 7.21. The zero-order chi connectivity index (χ0) is 11.3. The van der Waals surface area contributed by atoms with Gasteiger partial charge in [-0.15, -0.1) is 11.3 Å². The lowest BCUT2D eigenvalue weighted by Crippen LogP contribution is -2.29. The second-order valence-corrected chi connectivity index (χ2v) is 5.21. The van der Waals surface area contributed by atoms with E-state index in [2.05, 4.69) is 37.9 Å². The number of thiophene rings is 1. The van der Waals surface area contributed by atoms with E-state index >= 15 is 0 Å². The Morgan fingerprint density at radius 1 is 1.27 bits per heavy atom. The van der Waals surface area contributed by atoms with Crippen LogP contribution in [-0.4, -0.2) is 18.0 Å². The predicted octanol–water partition coefficient (Wildman–Crippen LogP) is 2.83. The number of nitrogens with zero attached hydrogens (tertiary/aromatic N) is 1. The molecule has 0 bridgehead atoms. The molecule has 2 N–H and O–H groups in total. The molecule has 0 atom stereocenters. The summed E-state index contributed by atoms with van der Waals surface area (Å²) in [5.74, 6) is 0. The van der Waals surface area contributed by atoms with Crippen LogP contribution >= 0.6 is 11.3 Å². The molecule has 0 aromatic carbocycles. The van der Waals surface area contributed by atoms with Gasteiger partial charge in [-0.3, -0.25) is 4.90 Å². The second-order valence-electron chi connectivity index (χ2n) is 3.96. The van der Waals surface area contributed by atoms with E-state index in [9.17, 15) is 0 Å². The van der Waals surface area contributed by atoms with Gasteiger partial charge >= 0.3 is 0 Å². The molecule has 0 unspecified atom stereocenters. The Morgan fingerprint density at radius 3 is 2.33 bits per heavy atom. The molecular formula is C12H22N2S. The first kappa shape index (κ1) is 12.7. The standard InChI is InChI=1S/C12H22N2S/c1-4-10(5-2)14(3)9-12-7-6-11(8-13)15-12/h6-7,10H,4-5,8-9,13H2,1-3H3. The maximum absolute atomic E-state index is 5.60. The summed E-state index contributed by atoms with van der Waals surface area (Å²) in [6.45, 7) is 6.23. The van der Waals surface area contributed by atoms with Gasteiger partial charge in [0.25, 0.3) is 0 Å². The number of nitrogens with two attached hydrogens (primary N) is 1. The van der Waals surface area contributed by atoms with Gasteiger partial charge in [-0.25, -0.2) is 0 Å². The topological polar surface area (TPSA) is 29.3 Å². The lowest BCUT2D eigenvalue weighted by molar-refractivity contribution is 0.223. The van der Waals surface area contributed by atoms with Crippen LogP contribution < -0.4 is 5.73 Å². The lowest BCUT2D eigenvalue weighted by Gasteiger charge is -2.25. The Labute approximate surface area is 97.1 Å². The van der Waals surface area contributed by atoms with Crippen LogP contribution in [0.25, 0.3) is 0 Å². The van der Waals surface area contributed by atoms with Crippen molar-refractivity contribution < 1.29 is 0 Å². The van der Waals surface area contributed by atoms with Crippen LogP contribution in [0.15, 0.2) is 12.1 Å². The van der Waals surface area contributed by atoms with Crippen LogP contribution in [0.4, 0.5) is 0 Å². The molecule has 1 aromatic heterocycles. The molecule has 86 valence electrons. The third kappa shape index (κ3) is 3.59. The van der Waals surface area contributed by atoms with Crippen LogP contribution in [0, 0.1) is 0 Å². The van der Waals surface area contributed by atoms with Gasteiger partial charge in [0.1, 0.15) is 0 Å². The average Bonchev–Trinajstić information content (AvgIpc) is 2.67. The van der Waals surface area contributed by atoms with E-state index in [1.807, 2.05) is 11.3 Å². The summed E-state index contributed by atoms with van der Waals surface area (Å²) in [6, 6.07) is 5.04. The fourth-order valence-electron chi connectivity index (χ4n) is 1.90. The smallest absolute Gasteiger partial charge is 0.0327 e. The van der Waals surface area contributed by atoms with Crippen LogP contribution in [0.3, 0.4) is 0 Å². The van der Waals surface area contributed by atoms with Crippen molar-refractivity contribution in [1.29, 1.82) is 0 Å². The van der Waals surface area contributed by atoms with Gasteiger partial charge in [-0.1, -0.05) is 13.8 Å². The van der Waals surface area contributed by atoms with Gasteiger partial charge in [0, 0.05) is 28.9 Å². The third-order valence-electron chi connectivity index (χ3n) is 2.89. The van der Waals surface area contributed by atoms with Crippen molar-refractivity contribution in [1.82, 2.24) is 4.90 Å². The normalized spacial score (nSPS) is 11.6. The summed E-state index contributed by atoms with van der Waals surface area (Å²) in [4.78, 5) is 5.14. The molecule has 1 rings (SSSR count). The van der Waals surface area contributed by atoms with E-state index < -0.39 is 0 Å². The monoisotopic (exact) mass is 226 g/mol. The third-order valence-corrected chi connectivity index (χ3v) is 3.98. The largest absolute Gasteiger partial charge is 0.326 e. The molecule has 0 saturated carbocycles. The van der Waals surface area contributed by atoms with Gasteiger partial charge in [-0.2, -0.15) is 0 Å². The first-order valence-electron chi connectivity index (χ1n) is 5.69. The molecule has 15 heavy (non-hydrogen) atoms. The quantitative estimate of drug-likeness (QED) is 0.808. The van der Waals surface area contributed by atoms with Crippen LogP contribution in [-0.2, 0) is 13.1 Å². The van der Waals surface area contributed by atoms with Crippen LogP contribution in [0.2, 0.25) is 0 Å². The first-order valence-corrected chi connectivity index (χ1v) is 6.50. The molecule has 0 aliphatic carbocycles. The van der Waals surface area contributed by atoms with Crippen LogP contribution in [0.5, 0.6) is 0 Å². The fraction of sp³-hybridized carbons (Fsp3) is 0.667. The molecular weight excluding hydrogens is 204 g/mol. The Bertz CT molecular complexity index is 279. The maximum atomic E-state index is 5.60.